The lowest BCUT2D eigenvalue weighted by molar-refractivity contribution is -0.121. The summed E-state index contributed by atoms with van der Waals surface area (Å²) in [4.78, 5) is 27.4. The first kappa shape index (κ1) is 58.5. The Balaban J connectivity index is 0.676. The first-order valence-corrected chi connectivity index (χ1v) is 32.6. The number of rotatable bonds is 26. The highest BCUT2D eigenvalue weighted by molar-refractivity contribution is 7.98. The van der Waals surface area contributed by atoms with Crippen molar-refractivity contribution in [2.24, 2.45) is 0 Å². The lowest BCUT2D eigenvalue weighted by atomic mass is 10.2. The van der Waals surface area contributed by atoms with E-state index in [-0.39, 0.29) is 48.3 Å². The second-order valence-electron chi connectivity index (χ2n) is 21.3. The van der Waals surface area contributed by atoms with Crippen molar-refractivity contribution in [3.63, 3.8) is 0 Å². The molecule has 0 unspecified atom stereocenters. The van der Waals surface area contributed by atoms with Gasteiger partial charge in [-0.15, -0.1) is 23.5 Å². The molecule has 0 bridgehead atoms. The van der Waals surface area contributed by atoms with Crippen LogP contribution >= 0.6 is 23.5 Å². The van der Waals surface area contributed by atoms with Gasteiger partial charge in [-0.25, -0.2) is 0 Å². The van der Waals surface area contributed by atoms with Crippen LogP contribution in [-0.2, 0) is 35.3 Å². The largest absolute Gasteiger partial charge is 0.534 e. The number of anilines is 2. The predicted octanol–water partition coefficient (Wildman–Crippen LogP) is 12.8. The summed E-state index contributed by atoms with van der Waals surface area (Å²) in [5, 5.41) is 10.5. The van der Waals surface area contributed by atoms with E-state index in [1.165, 1.54) is 31.9 Å². The Labute approximate surface area is 478 Å². The minimum absolute atomic E-state index is 0.0963. The SMILES string of the molecule is CC(C)(C)[Si](Oc1ccc(CSc2ccc(NC(=O)COCCOCCOCC(=O)Nc3ccc(SCc4ccc(O[Si](c5ccccc5)(c5ccccc5)C(C)(C)C)cc4)cc3)cc2)cc1)(c1ccccc1)c1ccccc1. The van der Waals surface area contributed by atoms with Gasteiger partial charge in [-0.2, -0.15) is 0 Å². The van der Waals surface area contributed by atoms with Crippen LogP contribution in [0.1, 0.15) is 52.7 Å². The summed E-state index contributed by atoms with van der Waals surface area (Å²) >= 11 is 3.47. The molecule has 8 aromatic carbocycles. The third kappa shape index (κ3) is 15.8. The number of ether oxygens (including phenoxy) is 3. The summed E-state index contributed by atoms with van der Waals surface area (Å²) in [6.07, 6.45) is 0. The monoisotopic (exact) mass is 1120 g/mol. The maximum Gasteiger partial charge on any atom is 0.319 e. The van der Waals surface area contributed by atoms with E-state index in [0.29, 0.717) is 24.6 Å². The van der Waals surface area contributed by atoms with Crippen molar-refractivity contribution in [1.29, 1.82) is 0 Å². The Morgan fingerprint density at radius 2 is 0.671 bits per heavy atom. The van der Waals surface area contributed by atoms with E-state index in [1.54, 1.807) is 23.5 Å². The Morgan fingerprint density at radius 1 is 0.380 bits per heavy atom. The number of carbonyl (C=O) groups excluding carboxylic acids is 2. The lowest BCUT2D eigenvalue weighted by Gasteiger charge is -2.43. The van der Waals surface area contributed by atoms with Gasteiger partial charge in [0.25, 0.3) is 0 Å². The van der Waals surface area contributed by atoms with Gasteiger partial charge in [0.05, 0.1) is 26.4 Å². The summed E-state index contributed by atoms with van der Waals surface area (Å²) < 4.78 is 31.0. The minimum atomic E-state index is -2.71. The van der Waals surface area contributed by atoms with E-state index in [4.69, 9.17) is 23.1 Å². The molecule has 0 heterocycles. The van der Waals surface area contributed by atoms with Gasteiger partial charge >= 0.3 is 16.6 Å². The van der Waals surface area contributed by atoms with Gasteiger partial charge in [0.2, 0.25) is 11.8 Å². The van der Waals surface area contributed by atoms with Crippen molar-refractivity contribution in [3.05, 3.63) is 230 Å². The van der Waals surface area contributed by atoms with Crippen molar-refractivity contribution in [1.82, 2.24) is 0 Å². The Kier molecular flexibility index (Phi) is 20.7. The van der Waals surface area contributed by atoms with E-state index in [1.807, 2.05) is 48.5 Å². The number of benzene rings is 8. The zero-order valence-electron chi connectivity index (χ0n) is 46.1. The number of thioether (sulfide) groups is 2. The van der Waals surface area contributed by atoms with E-state index in [2.05, 4.69) is 222 Å². The molecule has 0 spiro atoms. The summed E-state index contributed by atoms with van der Waals surface area (Å²) in [7, 11) is -5.42. The molecule has 0 aliphatic carbocycles. The molecule has 0 aliphatic heterocycles. The molecule has 2 N–H and O–H groups in total. The zero-order chi connectivity index (χ0) is 55.6. The van der Waals surface area contributed by atoms with Crippen molar-refractivity contribution in [2.75, 3.05) is 50.3 Å². The lowest BCUT2D eigenvalue weighted by Crippen LogP contribution is -2.68. The normalized spacial score (nSPS) is 11.9. The molecule has 0 aliphatic rings. The molecule has 79 heavy (non-hydrogen) atoms. The third-order valence-electron chi connectivity index (χ3n) is 13.5. The van der Waals surface area contributed by atoms with Gasteiger partial charge < -0.3 is 33.7 Å². The Morgan fingerprint density at radius 3 is 0.962 bits per heavy atom. The number of hydrogen-bond acceptors (Lipinski definition) is 9. The highest BCUT2D eigenvalue weighted by atomic mass is 32.2. The highest BCUT2D eigenvalue weighted by Gasteiger charge is 2.53. The van der Waals surface area contributed by atoms with Gasteiger partial charge in [-0.3, -0.25) is 9.59 Å². The van der Waals surface area contributed by atoms with Crippen LogP contribution < -0.4 is 40.2 Å². The van der Waals surface area contributed by atoms with Crippen molar-refractivity contribution < 1.29 is 32.7 Å². The van der Waals surface area contributed by atoms with Gasteiger partial charge in [0.1, 0.15) is 24.7 Å². The van der Waals surface area contributed by atoms with Crippen molar-refractivity contribution >= 4 is 84.1 Å². The van der Waals surface area contributed by atoms with Crippen molar-refractivity contribution in [2.45, 2.75) is 72.9 Å². The number of carbonyl (C=O) groups is 2. The van der Waals surface area contributed by atoms with Gasteiger partial charge in [-0.1, -0.05) is 187 Å². The van der Waals surface area contributed by atoms with Crippen LogP contribution in [0.25, 0.3) is 0 Å². The minimum Gasteiger partial charge on any atom is -0.534 e. The second-order valence-corrected chi connectivity index (χ2v) is 31.8. The average molecular weight is 1130 g/mol. The molecule has 2 amide bonds. The molecule has 9 nitrogen and oxygen atoms in total. The molecular formula is C66H72N2O7S2Si2. The number of hydrogen-bond donors (Lipinski definition) is 2. The molecule has 0 atom stereocenters. The fourth-order valence-electron chi connectivity index (χ4n) is 9.62. The fraction of sp³-hybridized carbons (Fsp3) is 0.242. The topological polar surface area (TPSA) is 104 Å². The maximum absolute atomic E-state index is 12.6. The van der Waals surface area contributed by atoms with Crippen LogP contribution in [0.2, 0.25) is 10.1 Å². The van der Waals surface area contributed by atoms with E-state index in [0.717, 1.165) is 32.8 Å². The molecule has 0 saturated heterocycles. The molecule has 13 heteroatoms. The van der Waals surface area contributed by atoms with Crippen LogP contribution in [0.5, 0.6) is 11.5 Å². The highest BCUT2D eigenvalue weighted by Crippen LogP contribution is 2.39. The summed E-state index contributed by atoms with van der Waals surface area (Å²) in [6, 6.07) is 75.3. The average Bonchev–Trinajstić information content (AvgIpc) is 3.66. The van der Waals surface area contributed by atoms with Crippen LogP contribution in [0, 0.1) is 0 Å². The second kappa shape index (κ2) is 28.0. The van der Waals surface area contributed by atoms with E-state index in [9.17, 15) is 9.59 Å². The number of nitrogens with one attached hydrogen (secondary N) is 2. The van der Waals surface area contributed by atoms with Crippen LogP contribution in [0.15, 0.2) is 228 Å². The summed E-state index contributed by atoms with van der Waals surface area (Å²) in [5.41, 5.74) is 3.78. The van der Waals surface area contributed by atoms with Gasteiger partial charge in [0, 0.05) is 32.7 Å². The third-order valence-corrected chi connectivity index (χ3v) is 25.6. The maximum atomic E-state index is 12.6. The molecule has 408 valence electrons. The molecule has 0 saturated carbocycles. The Bertz CT molecular complexity index is 2830. The zero-order valence-corrected chi connectivity index (χ0v) is 49.7. The predicted molar refractivity (Wildman–Crippen MR) is 331 cm³/mol. The van der Waals surface area contributed by atoms with E-state index >= 15 is 0 Å². The van der Waals surface area contributed by atoms with Crippen LogP contribution in [0.3, 0.4) is 0 Å². The molecule has 0 fully saturated rings. The first-order chi connectivity index (χ1) is 38.2. The van der Waals surface area contributed by atoms with Crippen LogP contribution in [0.4, 0.5) is 11.4 Å². The van der Waals surface area contributed by atoms with Crippen LogP contribution in [-0.4, -0.2) is 68.1 Å². The summed E-state index contributed by atoms with van der Waals surface area (Å²) in [6.45, 7) is 14.6. The molecular weight excluding hydrogens is 1050 g/mol. The van der Waals surface area contributed by atoms with Crippen molar-refractivity contribution in [3.8, 4) is 11.5 Å². The molecule has 8 rings (SSSR count). The fourth-order valence-corrected chi connectivity index (χ4v) is 20.2. The number of amides is 2. The molecule has 8 aromatic rings. The smallest absolute Gasteiger partial charge is 0.319 e. The standard InChI is InChI=1S/C66H72N2O7S2Si2/c1-65(2,3)78(59-19-11-7-12-20-59,60-21-13-8-14-22-60)74-55-35-27-51(28-36-55)49-76-57-39-31-53(32-40-57)67-63(69)47-72-45-43-71-44-46-73-48-64(70)68-54-33-41-58(42-34-54)77-50-52-29-37-56(38-30-52)75-79(66(4,5)6,61-23-15-9-16-24-61)62-25-17-10-18-26-62/h7-42H,43-50H2,1-6H3,(H,67,69)(H,68,70). The van der Waals surface area contributed by atoms with Gasteiger partial charge in [0.15, 0.2) is 0 Å². The van der Waals surface area contributed by atoms with Gasteiger partial charge in [-0.05, 0) is 115 Å². The Hall–Kier alpha value is -6.69. The van der Waals surface area contributed by atoms with E-state index < -0.39 is 16.6 Å². The molecule has 0 aromatic heterocycles. The first-order valence-electron chi connectivity index (χ1n) is 26.8. The quantitative estimate of drug-likeness (QED) is 0.0312. The molecule has 0 radical (unpaired) electrons. The summed E-state index contributed by atoms with van der Waals surface area (Å²) in [5.74, 6) is 2.83.